The smallest absolute Gasteiger partial charge is 0.0361 e. The topological polar surface area (TPSA) is 0 Å². The van der Waals surface area contributed by atoms with Gasteiger partial charge in [-0.2, -0.15) is 14.1 Å². The van der Waals surface area contributed by atoms with Crippen molar-refractivity contribution in [2.45, 2.75) is 27.7 Å². The average molecular weight is 246 g/mol. The van der Waals surface area contributed by atoms with Gasteiger partial charge in [0, 0.05) is 51.2 Å². The molecule has 0 fully saturated rings. The second-order valence-electron chi connectivity index (χ2n) is 4.38. The first-order chi connectivity index (χ1) is 4.27. The molecule has 0 aliphatic carbocycles. The molecule has 0 bridgehead atoms. The second-order valence-corrected chi connectivity index (χ2v) is 4.38. The first-order valence-electron chi connectivity index (χ1n) is 3.83. The van der Waals surface area contributed by atoms with E-state index in [0.717, 1.165) is 13.1 Å². The Balaban J connectivity index is -0.000000405. The van der Waals surface area contributed by atoms with Crippen LogP contribution in [0, 0.1) is 26.9 Å². The molecule has 2 heteroatoms. The molecular weight excluding hydrogens is 223 g/mol. The van der Waals surface area contributed by atoms with Crippen molar-refractivity contribution in [3.8, 4) is 0 Å². The van der Waals surface area contributed by atoms with Gasteiger partial charge in [0.25, 0.3) is 0 Å². The Hall–Kier alpha value is 1.06. The van der Waals surface area contributed by atoms with E-state index in [0.29, 0.717) is 9.90 Å². The zero-order valence-corrected chi connectivity index (χ0v) is 12.2. The van der Waals surface area contributed by atoms with Gasteiger partial charge in [-0.3, -0.25) is 0 Å². The van der Waals surface area contributed by atoms with E-state index in [9.17, 15) is 0 Å². The maximum absolute atomic E-state index is 4.00. The number of nitrogens with zero attached hydrogens (tertiary/aromatic N) is 1. The summed E-state index contributed by atoms with van der Waals surface area (Å²) in [4.78, 5) is 0. The molecule has 1 radical (unpaired) electrons. The molecule has 0 N–H and O–H groups in total. The van der Waals surface area contributed by atoms with E-state index in [4.69, 9.17) is 0 Å². The van der Waals surface area contributed by atoms with Crippen molar-refractivity contribution in [3.63, 3.8) is 0 Å². The average Bonchev–Trinajstić information content (AvgIpc) is 1.60. The minimum atomic E-state index is 0. The summed E-state index contributed by atoms with van der Waals surface area (Å²) in [6.45, 7) is 10.8. The van der Waals surface area contributed by atoms with Crippen LogP contribution in [0.5, 0.6) is 0 Å². The quantitative estimate of drug-likeness (QED) is 0.519. The van der Waals surface area contributed by atoms with E-state index in [1.54, 1.807) is 0 Å². The Morgan fingerprint density at radius 3 is 1.58 bits per heavy atom. The van der Waals surface area contributed by atoms with Crippen LogP contribution in [0.25, 0.3) is 0 Å². The van der Waals surface area contributed by atoms with Crippen molar-refractivity contribution in [1.29, 1.82) is 0 Å². The van der Waals surface area contributed by atoms with E-state index in [1.807, 2.05) is 0 Å². The monoisotopic (exact) mass is 246 g/mol. The molecule has 12 heavy (non-hydrogen) atoms. The molecule has 0 saturated heterocycles. The molecule has 0 heterocycles. The van der Waals surface area contributed by atoms with Crippen molar-refractivity contribution < 1.29 is 37.2 Å². The summed E-state index contributed by atoms with van der Waals surface area (Å²) >= 11 is 0. The van der Waals surface area contributed by atoms with Crippen molar-refractivity contribution >= 4 is 0 Å². The molecule has 0 aromatic heterocycles. The summed E-state index contributed by atoms with van der Waals surface area (Å²) < 4.78 is 0.628. The van der Waals surface area contributed by atoms with Crippen LogP contribution < -0.4 is 0 Å². The molecule has 0 aromatic rings. The molecular formula is C10H23NY-2. The first kappa shape index (κ1) is 18.8. The van der Waals surface area contributed by atoms with Gasteiger partial charge >= 0.3 is 0 Å². The molecule has 0 aliphatic heterocycles. The molecule has 1 nitrogen and oxygen atoms in total. The van der Waals surface area contributed by atoms with Gasteiger partial charge in [-0.15, -0.1) is 0 Å². The molecule has 0 spiro atoms. The van der Waals surface area contributed by atoms with Crippen LogP contribution in [-0.4, -0.2) is 17.6 Å². The third kappa shape index (κ3) is 11.1. The maximum Gasteiger partial charge on any atom is 0.0361 e. The summed E-state index contributed by atoms with van der Waals surface area (Å²) in [6, 6.07) is 0. The van der Waals surface area contributed by atoms with Gasteiger partial charge in [0.2, 0.25) is 0 Å². The van der Waals surface area contributed by atoms with Gasteiger partial charge in [0.1, 0.15) is 0 Å². The molecule has 0 rings (SSSR count). The third-order valence-electron chi connectivity index (χ3n) is 1.48. The predicted molar refractivity (Wildman–Crippen MR) is 52.3 cm³/mol. The molecule has 0 aromatic carbocycles. The number of quaternary nitrogens is 1. The molecule has 0 aliphatic rings. The van der Waals surface area contributed by atoms with Crippen molar-refractivity contribution in [2.24, 2.45) is 5.41 Å². The summed E-state index contributed by atoms with van der Waals surface area (Å²) in [5.41, 5.74) is 0.333. The van der Waals surface area contributed by atoms with Gasteiger partial charge < -0.3 is 11.9 Å². The zero-order valence-electron chi connectivity index (χ0n) is 9.35. The van der Waals surface area contributed by atoms with E-state index < -0.39 is 0 Å². The predicted octanol–water partition coefficient (Wildman–Crippen LogP) is 2.90. The fourth-order valence-electron chi connectivity index (χ4n) is 1.12. The first-order valence-corrected chi connectivity index (χ1v) is 3.83. The van der Waals surface area contributed by atoms with E-state index in [-0.39, 0.29) is 40.1 Å². The fraction of sp³-hybridized carbons (Fsp3) is 0.700. The number of hydrogen-bond donors (Lipinski definition) is 0. The summed E-state index contributed by atoms with van der Waals surface area (Å²) in [5, 5.41) is 0. The SMILES string of the molecule is [CH2-][N+]([CH2-])(CC)CC(C)(C)C.[CH3-].[Y]. The largest absolute Gasteiger partial charge is 0.594 e. The Morgan fingerprint density at radius 1 is 1.17 bits per heavy atom. The Kier molecular flexibility index (Phi) is 10.2. The van der Waals surface area contributed by atoms with Crippen molar-refractivity contribution in [2.75, 3.05) is 13.1 Å². The third-order valence-corrected chi connectivity index (χ3v) is 1.48. The maximum atomic E-state index is 4.00. The van der Waals surface area contributed by atoms with Crippen LogP contribution in [0.15, 0.2) is 0 Å². The van der Waals surface area contributed by atoms with Gasteiger partial charge in [-0.25, -0.2) is 0 Å². The van der Waals surface area contributed by atoms with Crippen LogP contribution in [0.1, 0.15) is 27.7 Å². The second kappa shape index (κ2) is 6.51. The van der Waals surface area contributed by atoms with Gasteiger partial charge in [0.15, 0.2) is 0 Å². The van der Waals surface area contributed by atoms with Crippen LogP contribution in [0.4, 0.5) is 0 Å². The van der Waals surface area contributed by atoms with Gasteiger partial charge in [0.05, 0.1) is 0 Å². The van der Waals surface area contributed by atoms with Crippen LogP contribution >= 0.6 is 0 Å². The van der Waals surface area contributed by atoms with Crippen LogP contribution in [0.2, 0.25) is 0 Å². The van der Waals surface area contributed by atoms with E-state index in [1.165, 1.54) is 0 Å². The summed E-state index contributed by atoms with van der Waals surface area (Å²) in [7, 11) is 8.00. The number of hydrogen-bond acceptors (Lipinski definition) is 0. The van der Waals surface area contributed by atoms with Crippen molar-refractivity contribution in [1.82, 2.24) is 0 Å². The van der Waals surface area contributed by atoms with Gasteiger partial charge in [-0.05, 0) is 6.92 Å². The summed E-state index contributed by atoms with van der Waals surface area (Å²) in [6.07, 6.45) is 0. The standard InChI is InChI=1S/C9H20N.CH3.Y/c1-7-10(5,6)8-9(2,3)4;;/h5-8H2,1-4H3;1H3;/q2*-1;. The molecule has 0 amide bonds. The zero-order chi connectivity index (χ0) is 8.41. The van der Waals surface area contributed by atoms with Gasteiger partial charge in [-0.1, -0.05) is 20.8 Å². The Bertz CT molecular complexity index is 103. The normalized spacial score (nSPS) is 11.5. The van der Waals surface area contributed by atoms with E-state index >= 15 is 0 Å². The van der Waals surface area contributed by atoms with Crippen molar-refractivity contribution in [3.05, 3.63) is 21.5 Å². The van der Waals surface area contributed by atoms with Crippen LogP contribution in [-0.2, 0) is 32.7 Å². The van der Waals surface area contributed by atoms with Crippen LogP contribution in [0.3, 0.4) is 0 Å². The fourth-order valence-corrected chi connectivity index (χ4v) is 1.12. The Morgan fingerprint density at radius 2 is 1.50 bits per heavy atom. The Labute approximate surface area is 104 Å². The van der Waals surface area contributed by atoms with E-state index in [2.05, 4.69) is 41.8 Å². The molecule has 0 atom stereocenters. The minimum Gasteiger partial charge on any atom is -0.594 e. The number of rotatable bonds is 2. The molecule has 73 valence electrons. The summed E-state index contributed by atoms with van der Waals surface area (Å²) in [5.74, 6) is 0. The minimum absolute atomic E-state index is 0. The molecule has 0 saturated carbocycles. The molecule has 0 unspecified atom stereocenters.